The normalized spacial score (nSPS) is 23.6. The molecule has 0 spiro atoms. The third-order valence-electron chi connectivity index (χ3n) is 3.34. The second-order valence-corrected chi connectivity index (χ2v) is 14.6. The van der Waals surface area contributed by atoms with Crippen LogP contribution in [0.1, 0.15) is 26.7 Å². The average Bonchev–Trinajstić information content (AvgIpc) is 2.25. The lowest BCUT2D eigenvalue weighted by atomic mass is 10.1. The third kappa shape index (κ3) is 3.11. The van der Waals surface area contributed by atoms with Crippen molar-refractivity contribution in [3.05, 3.63) is 12.2 Å². The largest absolute Gasteiger partial charge is 0.147 e. The molecule has 0 radical (unpaired) electrons. The number of hydrogen-bond acceptors (Lipinski definition) is 2. The summed E-state index contributed by atoms with van der Waals surface area (Å²) in [5.74, 6) is 3.56. The van der Waals surface area contributed by atoms with Crippen LogP contribution < -0.4 is 0 Å². The Morgan fingerprint density at radius 2 is 1.81 bits per heavy atom. The SMILES string of the molecule is C/C=C/CC(C)C1([Si](C)(C)C)SCCCS1. The summed E-state index contributed by atoms with van der Waals surface area (Å²) in [6.07, 6.45) is 7.20. The monoisotopic (exact) mass is 274 g/mol. The highest BCUT2D eigenvalue weighted by molar-refractivity contribution is 8.21. The van der Waals surface area contributed by atoms with Gasteiger partial charge in [-0.05, 0) is 37.2 Å². The molecule has 16 heavy (non-hydrogen) atoms. The second kappa shape index (κ2) is 6.01. The minimum absolute atomic E-state index is 0.546. The Bertz CT molecular complexity index is 237. The third-order valence-corrected chi connectivity index (χ3v) is 13.8. The van der Waals surface area contributed by atoms with E-state index in [-0.39, 0.29) is 0 Å². The van der Waals surface area contributed by atoms with Crippen LogP contribution in [0, 0.1) is 5.92 Å². The van der Waals surface area contributed by atoms with Crippen molar-refractivity contribution in [2.24, 2.45) is 5.92 Å². The molecule has 1 rings (SSSR count). The number of rotatable bonds is 4. The molecule has 1 saturated heterocycles. The Hall–Kier alpha value is 0.657. The highest BCUT2D eigenvalue weighted by Crippen LogP contribution is 2.54. The molecule has 1 heterocycles. The van der Waals surface area contributed by atoms with E-state index in [1.165, 1.54) is 24.3 Å². The Labute approximate surface area is 111 Å². The number of allylic oxidation sites excluding steroid dienone is 2. The highest BCUT2D eigenvalue weighted by Gasteiger charge is 2.48. The summed E-state index contributed by atoms with van der Waals surface area (Å²) in [6.45, 7) is 12.2. The zero-order valence-electron chi connectivity index (χ0n) is 11.4. The summed E-state index contributed by atoms with van der Waals surface area (Å²) in [7, 11) is -1.13. The summed E-state index contributed by atoms with van der Waals surface area (Å²) in [4.78, 5) is 0. The topological polar surface area (TPSA) is 0 Å². The molecule has 1 aliphatic rings. The maximum atomic E-state index is 2.55. The average molecular weight is 275 g/mol. The van der Waals surface area contributed by atoms with E-state index in [0.717, 1.165) is 5.92 Å². The van der Waals surface area contributed by atoms with Crippen LogP contribution in [0.15, 0.2) is 12.2 Å². The molecule has 1 atom stereocenters. The van der Waals surface area contributed by atoms with Gasteiger partial charge in [0.2, 0.25) is 0 Å². The molecule has 0 N–H and O–H groups in total. The number of thioether (sulfide) groups is 2. The van der Waals surface area contributed by atoms with Gasteiger partial charge in [-0.2, -0.15) is 0 Å². The Morgan fingerprint density at radius 3 is 2.25 bits per heavy atom. The van der Waals surface area contributed by atoms with Gasteiger partial charge in [-0.3, -0.25) is 0 Å². The predicted octanol–water partition coefficient (Wildman–Crippen LogP) is 5.03. The van der Waals surface area contributed by atoms with Gasteiger partial charge in [0.1, 0.15) is 0 Å². The summed E-state index contributed by atoms with van der Waals surface area (Å²) < 4.78 is 0.546. The van der Waals surface area contributed by atoms with E-state index in [4.69, 9.17) is 0 Å². The van der Waals surface area contributed by atoms with Gasteiger partial charge in [-0.1, -0.05) is 38.7 Å². The lowest BCUT2D eigenvalue weighted by Crippen LogP contribution is -2.53. The van der Waals surface area contributed by atoms with E-state index in [1.54, 1.807) is 0 Å². The van der Waals surface area contributed by atoms with Gasteiger partial charge < -0.3 is 0 Å². The molecule has 0 aliphatic carbocycles. The molecule has 3 heteroatoms. The first-order valence-corrected chi connectivity index (χ1v) is 11.8. The zero-order valence-corrected chi connectivity index (χ0v) is 14.0. The molecule has 0 amide bonds. The van der Waals surface area contributed by atoms with Crippen LogP contribution >= 0.6 is 23.5 Å². The van der Waals surface area contributed by atoms with Crippen molar-refractivity contribution in [3.63, 3.8) is 0 Å². The Morgan fingerprint density at radius 1 is 1.25 bits per heavy atom. The lowest BCUT2D eigenvalue weighted by Gasteiger charge is -2.49. The van der Waals surface area contributed by atoms with Gasteiger partial charge >= 0.3 is 0 Å². The summed E-state index contributed by atoms with van der Waals surface area (Å²) in [5, 5.41) is 0. The molecule has 0 bridgehead atoms. The smallest absolute Gasteiger partial charge is 0.0755 e. The summed E-state index contributed by atoms with van der Waals surface area (Å²) in [6, 6.07) is 0. The van der Waals surface area contributed by atoms with Crippen molar-refractivity contribution in [3.8, 4) is 0 Å². The first-order chi connectivity index (χ1) is 7.44. The van der Waals surface area contributed by atoms with E-state index >= 15 is 0 Å². The quantitative estimate of drug-likeness (QED) is 0.521. The molecular weight excluding hydrogens is 248 g/mol. The highest BCUT2D eigenvalue weighted by atomic mass is 32.2. The van der Waals surface area contributed by atoms with Gasteiger partial charge in [0.25, 0.3) is 0 Å². The van der Waals surface area contributed by atoms with E-state index in [9.17, 15) is 0 Å². The van der Waals surface area contributed by atoms with Crippen molar-refractivity contribution in [1.82, 2.24) is 0 Å². The minimum atomic E-state index is -1.13. The summed E-state index contributed by atoms with van der Waals surface area (Å²) >= 11 is 4.53. The Kier molecular flexibility index (Phi) is 5.53. The Balaban J connectivity index is 2.85. The van der Waals surface area contributed by atoms with Crippen molar-refractivity contribution in [2.75, 3.05) is 11.5 Å². The standard InChI is InChI=1S/C13H26S2Si/c1-6-7-9-12(2)13(16(3,4)5)14-10-8-11-15-13/h6-7,12H,8-11H2,1-5H3/b7-6+. The molecule has 1 aliphatic heterocycles. The van der Waals surface area contributed by atoms with Crippen LogP contribution in [0.2, 0.25) is 19.6 Å². The molecule has 1 unspecified atom stereocenters. The molecule has 94 valence electrons. The maximum absolute atomic E-state index is 2.55. The molecule has 0 saturated carbocycles. The van der Waals surface area contributed by atoms with E-state index in [1.807, 2.05) is 0 Å². The van der Waals surface area contributed by atoms with E-state index in [2.05, 4.69) is 69.2 Å². The van der Waals surface area contributed by atoms with Gasteiger partial charge in [-0.15, -0.1) is 23.5 Å². The molecule has 0 aromatic heterocycles. The molecular formula is C13H26S2Si. The van der Waals surface area contributed by atoms with Crippen LogP contribution in [0.25, 0.3) is 0 Å². The van der Waals surface area contributed by atoms with E-state index < -0.39 is 8.07 Å². The van der Waals surface area contributed by atoms with Crippen LogP contribution in [-0.4, -0.2) is 23.3 Å². The van der Waals surface area contributed by atoms with Gasteiger partial charge in [0.05, 0.1) is 11.8 Å². The van der Waals surface area contributed by atoms with Gasteiger partial charge in [0, 0.05) is 0 Å². The lowest BCUT2D eigenvalue weighted by molar-refractivity contribution is 0.603. The fourth-order valence-corrected chi connectivity index (χ4v) is 11.1. The van der Waals surface area contributed by atoms with Crippen molar-refractivity contribution in [1.29, 1.82) is 0 Å². The minimum Gasteiger partial charge on any atom is -0.147 e. The molecule has 0 aromatic rings. The summed E-state index contributed by atoms with van der Waals surface area (Å²) in [5.41, 5.74) is 0. The molecule has 0 nitrogen and oxygen atoms in total. The van der Waals surface area contributed by atoms with Crippen molar-refractivity contribution in [2.45, 2.75) is 50.0 Å². The zero-order chi connectivity index (χ0) is 12.2. The first-order valence-electron chi connectivity index (χ1n) is 6.33. The van der Waals surface area contributed by atoms with Crippen LogP contribution in [0.4, 0.5) is 0 Å². The van der Waals surface area contributed by atoms with Crippen molar-refractivity contribution >= 4 is 31.6 Å². The fourth-order valence-electron chi connectivity index (χ4n) is 2.50. The predicted molar refractivity (Wildman–Crippen MR) is 84.2 cm³/mol. The van der Waals surface area contributed by atoms with Gasteiger partial charge in [0.15, 0.2) is 0 Å². The molecule has 1 fully saturated rings. The van der Waals surface area contributed by atoms with Crippen LogP contribution in [-0.2, 0) is 0 Å². The van der Waals surface area contributed by atoms with E-state index in [0.29, 0.717) is 3.70 Å². The first kappa shape index (κ1) is 14.7. The second-order valence-electron chi connectivity index (χ2n) is 5.67. The fraction of sp³-hybridized carbons (Fsp3) is 0.846. The van der Waals surface area contributed by atoms with Crippen molar-refractivity contribution < 1.29 is 0 Å². The van der Waals surface area contributed by atoms with Gasteiger partial charge in [-0.25, -0.2) is 0 Å². The van der Waals surface area contributed by atoms with Crippen LogP contribution in [0.5, 0.6) is 0 Å². The molecule has 0 aromatic carbocycles. The maximum Gasteiger partial charge on any atom is 0.0755 e. The number of hydrogen-bond donors (Lipinski definition) is 0. The van der Waals surface area contributed by atoms with Crippen LogP contribution in [0.3, 0.4) is 0 Å².